The van der Waals surface area contributed by atoms with Crippen molar-refractivity contribution in [3.05, 3.63) is 75.4 Å². The third-order valence-electron chi connectivity index (χ3n) is 3.37. The van der Waals surface area contributed by atoms with E-state index < -0.39 is 11.8 Å². The van der Waals surface area contributed by atoms with Crippen molar-refractivity contribution in [3.63, 3.8) is 0 Å². The van der Waals surface area contributed by atoms with Gasteiger partial charge in [-0.25, -0.2) is 4.90 Å². The molecule has 0 aliphatic carbocycles. The molecule has 1 saturated heterocycles. The number of benzene rings is 2. The summed E-state index contributed by atoms with van der Waals surface area (Å²) in [6.45, 7) is 0. The van der Waals surface area contributed by atoms with Gasteiger partial charge in [-0.1, -0.05) is 47.5 Å². The number of nitrogens with zero attached hydrogens (tertiary/aromatic N) is 1. The van der Waals surface area contributed by atoms with Crippen LogP contribution >= 0.6 is 35.4 Å². The fourth-order valence-electron chi connectivity index (χ4n) is 2.20. The van der Waals surface area contributed by atoms with Crippen LogP contribution in [0, 0.1) is 0 Å². The fourth-order valence-corrected chi connectivity index (χ4v) is 2.82. The lowest BCUT2D eigenvalue weighted by Crippen LogP contribution is -2.36. The number of thiocarbonyl (C=S) groups is 1. The van der Waals surface area contributed by atoms with E-state index in [-0.39, 0.29) is 21.4 Å². The monoisotopic (exact) mass is 376 g/mol. The number of carbonyl (C=O) groups is 2. The molecule has 0 radical (unpaired) electrons. The van der Waals surface area contributed by atoms with Gasteiger partial charge in [0.1, 0.15) is 5.70 Å². The van der Waals surface area contributed by atoms with Crippen LogP contribution < -0.4 is 5.32 Å². The van der Waals surface area contributed by atoms with Crippen molar-refractivity contribution in [2.75, 3.05) is 0 Å². The van der Waals surface area contributed by atoms with Crippen molar-refractivity contribution in [2.24, 2.45) is 0 Å². The molecular weight excluding hydrogens is 367 g/mol. The molecular formula is C17H10Cl2N2O2S. The van der Waals surface area contributed by atoms with Gasteiger partial charge in [0.05, 0.1) is 10.6 Å². The Morgan fingerprint density at radius 2 is 1.75 bits per heavy atom. The molecule has 0 unspecified atom stereocenters. The first-order valence-electron chi connectivity index (χ1n) is 6.89. The van der Waals surface area contributed by atoms with E-state index in [4.69, 9.17) is 35.4 Å². The first-order chi connectivity index (χ1) is 11.5. The maximum atomic E-state index is 12.6. The fraction of sp³-hybridized carbons (Fsp3) is 0. The molecule has 7 heteroatoms. The Bertz CT molecular complexity index is 878. The summed E-state index contributed by atoms with van der Waals surface area (Å²) in [5.74, 6) is -1.09. The molecule has 3 rings (SSSR count). The van der Waals surface area contributed by atoms with E-state index in [0.717, 1.165) is 10.5 Å². The Hall–Kier alpha value is -2.21. The molecule has 2 amide bonds. The van der Waals surface area contributed by atoms with Gasteiger partial charge in [0.2, 0.25) is 0 Å². The number of imide groups is 1. The van der Waals surface area contributed by atoms with E-state index in [1.165, 1.54) is 0 Å². The Morgan fingerprint density at radius 3 is 2.42 bits per heavy atom. The average molecular weight is 377 g/mol. The topological polar surface area (TPSA) is 49.4 Å². The van der Waals surface area contributed by atoms with E-state index in [0.29, 0.717) is 5.02 Å². The lowest BCUT2D eigenvalue weighted by atomic mass is 10.2. The summed E-state index contributed by atoms with van der Waals surface area (Å²) >= 11 is 17.0. The van der Waals surface area contributed by atoms with Crippen LogP contribution in [0.5, 0.6) is 0 Å². The number of hydrogen-bond donors (Lipinski definition) is 1. The number of carbonyl (C=O) groups excluding carboxylic acids is 2. The lowest BCUT2D eigenvalue weighted by Gasteiger charge is -2.12. The first kappa shape index (κ1) is 16.6. The van der Waals surface area contributed by atoms with Crippen molar-refractivity contribution in [2.45, 2.75) is 0 Å². The molecule has 1 fully saturated rings. The van der Waals surface area contributed by atoms with Gasteiger partial charge in [-0.2, -0.15) is 0 Å². The van der Waals surface area contributed by atoms with E-state index in [9.17, 15) is 9.59 Å². The molecule has 0 bridgehead atoms. The predicted molar refractivity (Wildman–Crippen MR) is 97.8 cm³/mol. The molecule has 0 saturated carbocycles. The Balaban J connectivity index is 1.91. The quantitative estimate of drug-likeness (QED) is 0.490. The summed E-state index contributed by atoms with van der Waals surface area (Å²) in [5, 5.41) is 3.63. The largest absolute Gasteiger partial charge is 0.327 e. The summed E-state index contributed by atoms with van der Waals surface area (Å²) in [4.78, 5) is 26.0. The highest BCUT2D eigenvalue weighted by Crippen LogP contribution is 2.22. The molecule has 1 heterocycles. The van der Waals surface area contributed by atoms with Gasteiger partial charge in [-0.3, -0.25) is 9.59 Å². The number of halogens is 2. The van der Waals surface area contributed by atoms with Crippen molar-refractivity contribution >= 4 is 58.4 Å². The second kappa shape index (κ2) is 6.73. The molecule has 0 atom stereocenters. The third kappa shape index (κ3) is 3.19. The van der Waals surface area contributed by atoms with Gasteiger partial charge in [0.25, 0.3) is 11.8 Å². The second-order valence-electron chi connectivity index (χ2n) is 4.97. The molecule has 1 N–H and O–H groups in total. The highest BCUT2D eigenvalue weighted by Gasteiger charge is 2.36. The van der Waals surface area contributed by atoms with Gasteiger partial charge >= 0.3 is 0 Å². The van der Waals surface area contributed by atoms with Crippen LogP contribution in [0.3, 0.4) is 0 Å². The van der Waals surface area contributed by atoms with Crippen LogP contribution in [-0.4, -0.2) is 21.8 Å². The summed E-state index contributed by atoms with van der Waals surface area (Å²) < 4.78 is 0. The molecule has 4 nitrogen and oxygen atoms in total. The average Bonchev–Trinajstić information content (AvgIpc) is 2.83. The SMILES string of the molecule is O=C1/C(=C/c2ccc(Cl)cc2)NC(=S)N1C(=O)c1ccccc1Cl. The minimum absolute atomic E-state index is 0.0186. The van der Waals surface area contributed by atoms with Crippen molar-refractivity contribution in [1.82, 2.24) is 10.2 Å². The zero-order valence-electron chi connectivity index (χ0n) is 12.1. The van der Waals surface area contributed by atoms with Gasteiger partial charge in [-0.15, -0.1) is 0 Å². The van der Waals surface area contributed by atoms with Crippen LogP contribution in [0.1, 0.15) is 15.9 Å². The minimum atomic E-state index is -0.567. The van der Waals surface area contributed by atoms with E-state index in [1.54, 1.807) is 54.6 Å². The van der Waals surface area contributed by atoms with Crippen molar-refractivity contribution in [3.8, 4) is 0 Å². The molecule has 24 heavy (non-hydrogen) atoms. The van der Waals surface area contributed by atoms with E-state index in [1.807, 2.05) is 0 Å². The highest BCUT2D eigenvalue weighted by molar-refractivity contribution is 7.80. The van der Waals surface area contributed by atoms with Gasteiger partial charge in [0.15, 0.2) is 5.11 Å². The predicted octanol–water partition coefficient (Wildman–Crippen LogP) is 3.89. The van der Waals surface area contributed by atoms with E-state index >= 15 is 0 Å². The summed E-state index contributed by atoms with van der Waals surface area (Å²) in [6, 6.07) is 13.4. The lowest BCUT2D eigenvalue weighted by molar-refractivity contribution is -0.120. The molecule has 2 aromatic carbocycles. The normalized spacial score (nSPS) is 15.8. The van der Waals surface area contributed by atoms with Crippen LogP contribution in [0.4, 0.5) is 0 Å². The summed E-state index contributed by atoms with van der Waals surface area (Å²) in [7, 11) is 0. The maximum Gasteiger partial charge on any atom is 0.283 e. The zero-order valence-corrected chi connectivity index (χ0v) is 14.5. The van der Waals surface area contributed by atoms with Crippen LogP contribution in [0.25, 0.3) is 6.08 Å². The summed E-state index contributed by atoms with van der Waals surface area (Å²) in [5.41, 5.74) is 1.18. The third-order valence-corrected chi connectivity index (χ3v) is 4.23. The number of rotatable bonds is 2. The molecule has 0 spiro atoms. The molecule has 0 aromatic heterocycles. The maximum absolute atomic E-state index is 12.6. The van der Waals surface area contributed by atoms with Crippen LogP contribution in [0.15, 0.2) is 54.2 Å². The highest BCUT2D eigenvalue weighted by atomic mass is 35.5. The molecule has 2 aromatic rings. The van der Waals surface area contributed by atoms with E-state index in [2.05, 4.69) is 5.32 Å². The Kier molecular flexibility index (Phi) is 4.66. The first-order valence-corrected chi connectivity index (χ1v) is 8.05. The summed E-state index contributed by atoms with van der Waals surface area (Å²) in [6.07, 6.45) is 1.60. The standard InChI is InChI=1S/C17H10Cl2N2O2S/c18-11-7-5-10(6-8-11)9-14-16(23)21(17(24)20-14)15(22)12-3-1-2-4-13(12)19/h1-9H,(H,20,24)/b14-9-. The zero-order chi connectivity index (χ0) is 17.3. The molecule has 1 aliphatic rings. The van der Waals surface area contributed by atoms with Crippen LogP contribution in [-0.2, 0) is 4.79 Å². The number of amides is 2. The molecule has 1 aliphatic heterocycles. The van der Waals surface area contributed by atoms with Crippen molar-refractivity contribution < 1.29 is 9.59 Å². The second-order valence-corrected chi connectivity index (χ2v) is 6.20. The Labute approximate surface area is 153 Å². The van der Waals surface area contributed by atoms with Crippen LogP contribution in [0.2, 0.25) is 10.0 Å². The number of nitrogens with one attached hydrogen (secondary N) is 1. The van der Waals surface area contributed by atoms with Gasteiger partial charge in [-0.05, 0) is 48.1 Å². The van der Waals surface area contributed by atoms with Gasteiger partial charge in [0, 0.05) is 5.02 Å². The minimum Gasteiger partial charge on any atom is -0.327 e. The molecule has 120 valence electrons. The Morgan fingerprint density at radius 1 is 1.08 bits per heavy atom. The smallest absolute Gasteiger partial charge is 0.283 e. The van der Waals surface area contributed by atoms with Crippen molar-refractivity contribution in [1.29, 1.82) is 0 Å². The number of hydrogen-bond acceptors (Lipinski definition) is 3. The van der Waals surface area contributed by atoms with Gasteiger partial charge < -0.3 is 5.32 Å².